The van der Waals surface area contributed by atoms with E-state index in [4.69, 9.17) is 9.47 Å². The van der Waals surface area contributed by atoms with Gasteiger partial charge < -0.3 is 19.2 Å². The van der Waals surface area contributed by atoms with E-state index in [9.17, 15) is 14.4 Å². The minimum Gasteiger partial charge on any atom is -0.485 e. The molecule has 7 nitrogen and oxygen atoms in total. The molecule has 138 valence electrons. The van der Waals surface area contributed by atoms with E-state index in [2.05, 4.69) is 9.72 Å². The van der Waals surface area contributed by atoms with Crippen molar-refractivity contribution < 1.29 is 28.6 Å². The predicted octanol–water partition coefficient (Wildman–Crippen LogP) is 2.86. The zero-order valence-electron chi connectivity index (χ0n) is 15.2. The van der Waals surface area contributed by atoms with Crippen LogP contribution in [0, 0.1) is 13.8 Å². The molecule has 0 saturated carbocycles. The Morgan fingerprint density at radius 1 is 1.04 bits per heavy atom. The highest BCUT2D eigenvalue weighted by molar-refractivity contribution is 6.03. The monoisotopic (exact) mass is 359 g/mol. The molecule has 0 bridgehead atoms. The van der Waals surface area contributed by atoms with Crippen LogP contribution in [0.4, 0.5) is 0 Å². The largest absolute Gasteiger partial charge is 0.485 e. The van der Waals surface area contributed by atoms with Crippen molar-refractivity contribution in [1.29, 1.82) is 0 Å². The average Bonchev–Trinajstić information content (AvgIpc) is 2.94. The van der Waals surface area contributed by atoms with Gasteiger partial charge in [-0.05, 0) is 50.6 Å². The number of aromatic nitrogens is 1. The van der Waals surface area contributed by atoms with Gasteiger partial charge in [-0.15, -0.1) is 0 Å². The molecular weight excluding hydrogens is 338 g/mol. The average molecular weight is 359 g/mol. The van der Waals surface area contributed by atoms with Crippen LogP contribution in [0.5, 0.6) is 5.75 Å². The maximum Gasteiger partial charge on any atom is 0.355 e. The standard InChI is InChI=1S/C19H21NO6/c1-5-25-19(23)17-11(2)16(12(3)20-17)15(21)10-26-14-8-6-13(7-9-14)18(22)24-4/h6-9,20H,5,10H2,1-4H3. The lowest BCUT2D eigenvalue weighted by Gasteiger charge is -2.07. The number of hydrogen-bond donors (Lipinski definition) is 1. The molecule has 1 heterocycles. The van der Waals surface area contributed by atoms with Crippen LogP contribution in [0.1, 0.15) is 49.4 Å². The zero-order chi connectivity index (χ0) is 19.3. The van der Waals surface area contributed by atoms with Gasteiger partial charge in [0.2, 0.25) is 5.78 Å². The van der Waals surface area contributed by atoms with Crippen LogP contribution in [0.15, 0.2) is 24.3 Å². The number of aryl methyl sites for hydroxylation is 1. The van der Waals surface area contributed by atoms with Crippen molar-refractivity contribution in [2.24, 2.45) is 0 Å². The molecule has 2 aromatic rings. The number of benzene rings is 1. The van der Waals surface area contributed by atoms with E-state index in [0.29, 0.717) is 28.1 Å². The quantitative estimate of drug-likeness (QED) is 0.603. The van der Waals surface area contributed by atoms with Crippen molar-refractivity contribution in [3.8, 4) is 5.75 Å². The fourth-order valence-corrected chi connectivity index (χ4v) is 2.60. The highest BCUT2D eigenvalue weighted by Crippen LogP contribution is 2.20. The van der Waals surface area contributed by atoms with E-state index < -0.39 is 11.9 Å². The van der Waals surface area contributed by atoms with Gasteiger partial charge in [0, 0.05) is 11.3 Å². The Bertz CT molecular complexity index is 819. The third kappa shape index (κ3) is 4.11. The van der Waals surface area contributed by atoms with Crippen molar-refractivity contribution in [3.63, 3.8) is 0 Å². The van der Waals surface area contributed by atoms with Crippen molar-refractivity contribution in [2.45, 2.75) is 20.8 Å². The SMILES string of the molecule is CCOC(=O)c1[nH]c(C)c(C(=O)COc2ccc(C(=O)OC)cc2)c1C. The van der Waals surface area contributed by atoms with E-state index >= 15 is 0 Å². The molecule has 0 aliphatic carbocycles. The number of hydrogen-bond acceptors (Lipinski definition) is 6. The first-order valence-electron chi connectivity index (χ1n) is 8.09. The van der Waals surface area contributed by atoms with E-state index in [1.165, 1.54) is 7.11 Å². The second-order valence-corrected chi connectivity index (χ2v) is 5.57. The van der Waals surface area contributed by atoms with Crippen LogP contribution < -0.4 is 4.74 Å². The van der Waals surface area contributed by atoms with Crippen LogP contribution in [-0.4, -0.2) is 43.0 Å². The van der Waals surface area contributed by atoms with Gasteiger partial charge in [0.05, 0.1) is 19.3 Å². The van der Waals surface area contributed by atoms with Crippen molar-refractivity contribution >= 4 is 17.7 Å². The second kappa shape index (κ2) is 8.33. The first-order chi connectivity index (χ1) is 12.4. The summed E-state index contributed by atoms with van der Waals surface area (Å²) < 4.78 is 15.1. The van der Waals surface area contributed by atoms with E-state index in [-0.39, 0.29) is 24.7 Å². The summed E-state index contributed by atoms with van der Waals surface area (Å²) in [7, 11) is 1.30. The highest BCUT2D eigenvalue weighted by atomic mass is 16.5. The van der Waals surface area contributed by atoms with Gasteiger partial charge in [-0.1, -0.05) is 0 Å². The number of nitrogens with one attached hydrogen (secondary N) is 1. The third-order valence-electron chi connectivity index (χ3n) is 3.84. The minimum atomic E-state index is -0.494. The molecule has 2 rings (SSSR count). The van der Waals surface area contributed by atoms with Gasteiger partial charge in [-0.3, -0.25) is 4.79 Å². The smallest absolute Gasteiger partial charge is 0.355 e. The summed E-state index contributed by atoms with van der Waals surface area (Å²) in [5.74, 6) is -0.754. The van der Waals surface area contributed by atoms with Crippen molar-refractivity contribution in [2.75, 3.05) is 20.3 Å². The van der Waals surface area contributed by atoms with Gasteiger partial charge in [0.1, 0.15) is 11.4 Å². The summed E-state index contributed by atoms with van der Waals surface area (Å²) >= 11 is 0. The molecule has 0 unspecified atom stereocenters. The summed E-state index contributed by atoms with van der Waals surface area (Å²) in [5.41, 5.74) is 2.20. The van der Waals surface area contributed by atoms with Gasteiger partial charge >= 0.3 is 11.9 Å². The summed E-state index contributed by atoms with van der Waals surface area (Å²) in [6.45, 7) is 5.18. The maximum absolute atomic E-state index is 12.5. The summed E-state index contributed by atoms with van der Waals surface area (Å²) in [6.07, 6.45) is 0. The molecule has 1 aromatic carbocycles. The van der Waals surface area contributed by atoms with E-state index in [0.717, 1.165) is 0 Å². The minimum absolute atomic E-state index is 0.195. The number of rotatable bonds is 7. The lowest BCUT2D eigenvalue weighted by atomic mass is 10.1. The Hall–Kier alpha value is -3.09. The number of esters is 2. The number of carbonyl (C=O) groups is 3. The number of Topliss-reactive ketones (excluding diaryl/α,β-unsaturated/α-hetero) is 1. The first kappa shape index (κ1) is 19.2. The van der Waals surface area contributed by atoms with Crippen LogP contribution in [-0.2, 0) is 9.47 Å². The Kier molecular flexibility index (Phi) is 6.16. The number of aromatic amines is 1. The fraction of sp³-hybridized carbons (Fsp3) is 0.316. The maximum atomic E-state index is 12.5. The van der Waals surface area contributed by atoms with Crippen LogP contribution in [0.3, 0.4) is 0 Å². The number of ether oxygens (including phenoxy) is 3. The summed E-state index contributed by atoms with van der Waals surface area (Å²) in [6, 6.07) is 6.27. The van der Waals surface area contributed by atoms with Crippen LogP contribution in [0.25, 0.3) is 0 Å². The highest BCUT2D eigenvalue weighted by Gasteiger charge is 2.23. The van der Waals surface area contributed by atoms with E-state index in [1.807, 2.05) is 0 Å². The van der Waals surface area contributed by atoms with E-state index in [1.54, 1.807) is 45.0 Å². The first-order valence-corrected chi connectivity index (χ1v) is 8.09. The van der Waals surface area contributed by atoms with Gasteiger partial charge in [-0.25, -0.2) is 9.59 Å². The van der Waals surface area contributed by atoms with Gasteiger partial charge in [0.25, 0.3) is 0 Å². The third-order valence-corrected chi connectivity index (χ3v) is 3.84. The number of methoxy groups -OCH3 is 1. The lowest BCUT2D eigenvalue weighted by Crippen LogP contribution is -2.14. The number of carbonyl (C=O) groups excluding carboxylic acids is 3. The molecule has 26 heavy (non-hydrogen) atoms. The molecule has 0 atom stereocenters. The molecule has 1 N–H and O–H groups in total. The predicted molar refractivity (Wildman–Crippen MR) is 93.8 cm³/mol. The Morgan fingerprint density at radius 3 is 2.27 bits per heavy atom. The lowest BCUT2D eigenvalue weighted by molar-refractivity contribution is 0.0518. The van der Waals surface area contributed by atoms with Crippen LogP contribution in [0.2, 0.25) is 0 Å². The fourth-order valence-electron chi connectivity index (χ4n) is 2.60. The van der Waals surface area contributed by atoms with Crippen molar-refractivity contribution in [1.82, 2.24) is 4.98 Å². The normalized spacial score (nSPS) is 10.3. The molecule has 0 radical (unpaired) electrons. The molecule has 0 aliphatic heterocycles. The molecule has 1 aromatic heterocycles. The molecule has 7 heteroatoms. The molecular formula is C19H21NO6. The molecule has 0 amide bonds. The van der Waals surface area contributed by atoms with Gasteiger partial charge in [0.15, 0.2) is 6.61 Å². The topological polar surface area (TPSA) is 94.7 Å². The second-order valence-electron chi connectivity index (χ2n) is 5.57. The Balaban J connectivity index is 2.08. The molecule has 0 spiro atoms. The molecule has 0 saturated heterocycles. The summed E-state index contributed by atoms with van der Waals surface area (Å²) in [4.78, 5) is 38.7. The molecule has 0 fully saturated rings. The zero-order valence-corrected chi connectivity index (χ0v) is 15.2. The number of H-pyrrole nitrogens is 1. The summed E-state index contributed by atoms with van der Waals surface area (Å²) in [5, 5.41) is 0. The Morgan fingerprint density at radius 2 is 1.69 bits per heavy atom. The van der Waals surface area contributed by atoms with Crippen molar-refractivity contribution in [3.05, 3.63) is 52.3 Å². The number of ketones is 1. The molecule has 0 aliphatic rings. The van der Waals surface area contributed by atoms with Crippen LogP contribution >= 0.6 is 0 Å². The Labute approximate surface area is 151 Å². The van der Waals surface area contributed by atoms with Gasteiger partial charge in [-0.2, -0.15) is 0 Å².